The first-order valence-corrected chi connectivity index (χ1v) is 13.4. The number of nitrogens with one attached hydrogen (secondary N) is 1. The van der Waals surface area contributed by atoms with Gasteiger partial charge in [0.2, 0.25) is 15.9 Å². The van der Waals surface area contributed by atoms with E-state index in [2.05, 4.69) is 10.2 Å². The van der Waals surface area contributed by atoms with E-state index in [1.54, 1.807) is 23.0 Å². The third kappa shape index (κ3) is 5.03. The van der Waals surface area contributed by atoms with E-state index in [9.17, 15) is 18.0 Å². The average molecular weight is 489 g/mol. The summed E-state index contributed by atoms with van der Waals surface area (Å²) >= 11 is 1.59. The van der Waals surface area contributed by atoms with Crippen LogP contribution in [-0.2, 0) is 28.4 Å². The normalized spacial score (nSPS) is 18.0. The number of piperazine rings is 1. The zero-order chi connectivity index (χ0) is 23.9. The topological polar surface area (TPSA) is 91.7 Å². The molecular formula is C23H28N4O4S2. The Balaban J connectivity index is 1.68. The van der Waals surface area contributed by atoms with Crippen molar-refractivity contribution in [2.24, 2.45) is 7.05 Å². The van der Waals surface area contributed by atoms with Gasteiger partial charge < -0.3 is 9.88 Å². The predicted octanol–water partition coefficient (Wildman–Crippen LogP) is 2.69. The molecule has 1 amide bonds. The Hall–Kier alpha value is -2.53. The third-order valence-electron chi connectivity index (χ3n) is 5.95. The summed E-state index contributed by atoms with van der Waals surface area (Å²) in [7, 11) is -1.45. The highest BCUT2D eigenvalue weighted by atomic mass is 32.2. The second-order valence-electron chi connectivity index (χ2n) is 8.62. The zero-order valence-electron chi connectivity index (χ0n) is 19.2. The van der Waals surface area contributed by atoms with Crippen LogP contribution in [0.15, 0.2) is 41.3 Å². The number of rotatable bonds is 5. The number of fused-ring (bicyclic) bond motifs is 1. The van der Waals surface area contributed by atoms with E-state index in [4.69, 9.17) is 0 Å². The molecule has 1 fully saturated rings. The van der Waals surface area contributed by atoms with Crippen LogP contribution in [0.3, 0.4) is 0 Å². The maximum absolute atomic E-state index is 12.9. The van der Waals surface area contributed by atoms with E-state index in [-0.39, 0.29) is 17.5 Å². The lowest BCUT2D eigenvalue weighted by Crippen LogP contribution is -2.52. The van der Waals surface area contributed by atoms with Crippen LogP contribution in [0.1, 0.15) is 18.7 Å². The highest BCUT2D eigenvalue weighted by Gasteiger charge is 2.29. The average Bonchev–Trinajstić information content (AvgIpc) is 3.15. The molecule has 0 radical (unpaired) electrons. The van der Waals surface area contributed by atoms with E-state index < -0.39 is 10.0 Å². The van der Waals surface area contributed by atoms with E-state index >= 15 is 0 Å². The van der Waals surface area contributed by atoms with Crippen molar-refractivity contribution in [2.45, 2.75) is 26.4 Å². The summed E-state index contributed by atoms with van der Waals surface area (Å²) in [6.07, 6.45) is 3.09. The fourth-order valence-electron chi connectivity index (χ4n) is 4.25. The molecule has 0 bridgehead atoms. The number of carbonyl (C=O) groups excluding carboxylic acids is 1. The Morgan fingerprint density at radius 3 is 2.67 bits per heavy atom. The molecule has 3 aromatic rings. The molecule has 1 atom stereocenters. The number of pyridine rings is 1. The van der Waals surface area contributed by atoms with E-state index in [0.717, 1.165) is 20.7 Å². The van der Waals surface area contributed by atoms with E-state index in [1.807, 2.05) is 43.5 Å². The molecule has 2 aromatic heterocycles. The molecule has 1 N–H and O–H groups in total. The summed E-state index contributed by atoms with van der Waals surface area (Å²) < 4.78 is 27.8. The molecule has 1 aromatic carbocycles. The number of hydrogen-bond acceptors (Lipinski definition) is 6. The molecule has 4 rings (SSSR count). The molecule has 1 saturated heterocycles. The second-order valence-corrected chi connectivity index (χ2v) is 11.7. The maximum atomic E-state index is 12.9. The monoisotopic (exact) mass is 488 g/mol. The SMILES string of the molecule is CC(=O)Nc1cccc(-c2cn(C)c(=O)c3cc(CN4CCN(S(C)(=O)=O)C[C@H]4C)sc23)c1. The van der Waals surface area contributed by atoms with Gasteiger partial charge in [0.15, 0.2) is 0 Å². The van der Waals surface area contributed by atoms with Crippen molar-refractivity contribution in [3.05, 3.63) is 51.8 Å². The first-order valence-electron chi connectivity index (χ1n) is 10.7. The van der Waals surface area contributed by atoms with Crippen LogP contribution in [0, 0.1) is 0 Å². The molecule has 33 heavy (non-hydrogen) atoms. The Kier molecular flexibility index (Phi) is 6.45. The van der Waals surface area contributed by atoms with Gasteiger partial charge in [-0.15, -0.1) is 11.3 Å². The number of hydrogen-bond donors (Lipinski definition) is 1. The maximum Gasteiger partial charge on any atom is 0.259 e. The summed E-state index contributed by atoms with van der Waals surface area (Å²) in [6.45, 7) is 5.74. The van der Waals surface area contributed by atoms with Crippen molar-refractivity contribution in [1.82, 2.24) is 13.8 Å². The van der Waals surface area contributed by atoms with Crippen molar-refractivity contribution in [3.63, 3.8) is 0 Å². The zero-order valence-corrected chi connectivity index (χ0v) is 20.8. The standard InChI is InChI=1S/C23H28N4O4S2/c1-15-12-27(33(4,30)31)9-8-26(15)13-19-11-20-22(32-19)21(14-25(3)23(20)29)17-6-5-7-18(10-17)24-16(2)28/h5-7,10-11,14-15H,8-9,12-13H2,1-4H3,(H,24,28)/t15-/m1/s1. The lowest BCUT2D eigenvalue weighted by molar-refractivity contribution is -0.114. The lowest BCUT2D eigenvalue weighted by Gasteiger charge is -2.38. The number of benzene rings is 1. The summed E-state index contributed by atoms with van der Waals surface area (Å²) in [4.78, 5) is 27.7. The minimum atomic E-state index is -3.19. The lowest BCUT2D eigenvalue weighted by atomic mass is 10.1. The number of sulfonamides is 1. The Morgan fingerprint density at radius 1 is 1.24 bits per heavy atom. The minimum absolute atomic E-state index is 0.0517. The largest absolute Gasteiger partial charge is 0.326 e. The molecule has 0 unspecified atom stereocenters. The highest BCUT2D eigenvalue weighted by molar-refractivity contribution is 7.88. The molecule has 10 heteroatoms. The van der Waals surface area contributed by atoms with Gasteiger partial charge in [0.1, 0.15) is 0 Å². The van der Waals surface area contributed by atoms with Gasteiger partial charge in [-0.25, -0.2) is 8.42 Å². The number of amides is 1. The summed E-state index contributed by atoms with van der Waals surface area (Å²) in [5.41, 5.74) is 2.51. The van der Waals surface area contributed by atoms with Crippen LogP contribution >= 0.6 is 11.3 Å². The van der Waals surface area contributed by atoms with Crippen LogP contribution < -0.4 is 10.9 Å². The molecule has 3 heterocycles. The van der Waals surface area contributed by atoms with Gasteiger partial charge in [0.25, 0.3) is 5.56 Å². The Labute approximate surface area is 197 Å². The number of aryl methyl sites for hydroxylation is 1. The highest BCUT2D eigenvalue weighted by Crippen LogP contribution is 2.35. The molecule has 176 valence electrons. The molecule has 8 nitrogen and oxygen atoms in total. The van der Waals surface area contributed by atoms with Gasteiger partial charge in [-0.1, -0.05) is 12.1 Å². The molecular weight excluding hydrogens is 460 g/mol. The number of anilines is 1. The van der Waals surface area contributed by atoms with Gasteiger partial charge in [0, 0.05) is 73.2 Å². The number of aromatic nitrogens is 1. The molecule has 0 spiro atoms. The molecule has 1 aliphatic heterocycles. The van der Waals surface area contributed by atoms with Crippen molar-refractivity contribution in [3.8, 4) is 11.1 Å². The van der Waals surface area contributed by atoms with Gasteiger partial charge in [-0.2, -0.15) is 4.31 Å². The summed E-state index contributed by atoms with van der Waals surface area (Å²) in [5.74, 6) is -0.138. The van der Waals surface area contributed by atoms with Gasteiger partial charge in [-0.05, 0) is 30.7 Å². The Morgan fingerprint density at radius 2 is 2.00 bits per heavy atom. The predicted molar refractivity (Wildman–Crippen MR) is 133 cm³/mol. The smallest absolute Gasteiger partial charge is 0.259 e. The molecule has 0 aliphatic carbocycles. The van der Waals surface area contributed by atoms with Crippen molar-refractivity contribution in [2.75, 3.05) is 31.2 Å². The van der Waals surface area contributed by atoms with Crippen LogP contribution in [0.2, 0.25) is 0 Å². The van der Waals surface area contributed by atoms with Crippen LogP contribution in [0.5, 0.6) is 0 Å². The fourth-order valence-corrected chi connectivity index (χ4v) is 6.36. The molecule has 1 aliphatic rings. The fraction of sp³-hybridized carbons (Fsp3) is 0.391. The number of nitrogens with zero attached hydrogens (tertiary/aromatic N) is 3. The first-order chi connectivity index (χ1) is 15.5. The third-order valence-corrected chi connectivity index (χ3v) is 8.37. The van der Waals surface area contributed by atoms with Gasteiger partial charge in [0.05, 0.1) is 11.6 Å². The van der Waals surface area contributed by atoms with Crippen molar-refractivity contribution in [1.29, 1.82) is 0 Å². The van der Waals surface area contributed by atoms with Gasteiger partial charge in [-0.3, -0.25) is 14.5 Å². The summed E-state index contributed by atoms with van der Waals surface area (Å²) in [5, 5.41) is 3.48. The van der Waals surface area contributed by atoms with Crippen LogP contribution in [0.25, 0.3) is 21.2 Å². The second kappa shape index (κ2) is 9.02. The van der Waals surface area contributed by atoms with Crippen molar-refractivity contribution >= 4 is 43.0 Å². The first kappa shape index (κ1) is 23.6. The van der Waals surface area contributed by atoms with Crippen LogP contribution in [0.4, 0.5) is 5.69 Å². The molecule has 0 saturated carbocycles. The Bertz CT molecular complexity index is 1380. The summed E-state index contributed by atoms with van der Waals surface area (Å²) in [6, 6.07) is 9.63. The quantitative estimate of drug-likeness (QED) is 0.596. The van der Waals surface area contributed by atoms with Crippen LogP contribution in [-0.4, -0.2) is 60.0 Å². The number of carbonyl (C=O) groups is 1. The van der Waals surface area contributed by atoms with E-state index in [0.29, 0.717) is 37.3 Å². The minimum Gasteiger partial charge on any atom is -0.326 e. The van der Waals surface area contributed by atoms with E-state index in [1.165, 1.54) is 17.5 Å². The van der Waals surface area contributed by atoms with Gasteiger partial charge >= 0.3 is 0 Å². The van der Waals surface area contributed by atoms with Crippen molar-refractivity contribution < 1.29 is 13.2 Å². The number of thiophene rings is 1.